The van der Waals surface area contributed by atoms with Crippen molar-refractivity contribution in [1.82, 2.24) is 10.2 Å². The number of anilines is 1. The SMILES string of the molecule is Cc1n[nH]c(C)c1C(=O)C[C@@]1(O)C(=O)N(CCc2ccccc2)c2ccc(Cl)cc21. The maximum absolute atomic E-state index is 13.3. The highest BCUT2D eigenvalue weighted by molar-refractivity contribution is 6.31. The van der Waals surface area contributed by atoms with Crippen LogP contribution in [0.2, 0.25) is 5.02 Å². The Bertz CT molecular complexity index is 1110. The molecule has 0 bridgehead atoms. The topological polar surface area (TPSA) is 86.3 Å². The molecule has 0 saturated carbocycles. The molecule has 2 heterocycles. The van der Waals surface area contributed by atoms with Crippen LogP contribution in [0.25, 0.3) is 0 Å². The van der Waals surface area contributed by atoms with Gasteiger partial charge in [0, 0.05) is 22.8 Å². The number of benzene rings is 2. The van der Waals surface area contributed by atoms with Gasteiger partial charge in [-0.05, 0) is 44.0 Å². The second-order valence-electron chi connectivity index (χ2n) is 7.62. The fourth-order valence-corrected chi connectivity index (χ4v) is 4.26. The monoisotopic (exact) mass is 423 g/mol. The van der Waals surface area contributed by atoms with Crippen LogP contribution in [0.4, 0.5) is 5.69 Å². The van der Waals surface area contributed by atoms with Gasteiger partial charge >= 0.3 is 0 Å². The Morgan fingerprint density at radius 3 is 2.60 bits per heavy atom. The third-order valence-corrected chi connectivity index (χ3v) is 5.82. The predicted octanol–water partition coefficient (Wildman–Crippen LogP) is 3.73. The van der Waals surface area contributed by atoms with Gasteiger partial charge in [0.25, 0.3) is 5.91 Å². The molecule has 0 aliphatic carbocycles. The molecule has 7 heteroatoms. The van der Waals surface area contributed by atoms with Gasteiger partial charge in [-0.15, -0.1) is 0 Å². The van der Waals surface area contributed by atoms with E-state index in [4.69, 9.17) is 11.6 Å². The van der Waals surface area contributed by atoms with Crippen LogP contribution in [-0.2, 0) is 16.8 Å². The first-order valence-electron chi connectivity index (χ1n) is 9.74. The molecule has 2 aromatic carbocycles. The van der Waals surface area contributed by atoms with Crippen LogP contribution in [0, 0.1) is 13.8 Å². The zero-order chi connectivity index (χ0) is 21.5. The molecule has 1 amide bonds. The number of aromatic amines is 1. The van der Waals surface area contributed by atoms with Crippen LogP contribution < -0.4 is 4.90 Å². The van der Waals surface area contributed by atoms with Crippen LogP contribution in [0.15, 0.2) is 48.5 Å². The number of rotatable bonds is 6. The molecule has 6 nitrogen and oxygen atoms in total. The Morgan fingerprint density at radius 1 is 1.20 bits per heavy atom. The highest BCUT2D eigenvalue weighted by Gasteiger charge is 2.51. The van der Waals surface area contributed by atoms with E-state index >= 15 is 0 Å². The lowest BCUT2D eigenvalue weighted by molar-refractivity contribution is -0.135. The number of hydrogen-bond donors (Lipinski definition) is 2. The van der Waals surface area contributed by atoms with Crippen LogP contribution in [0.5, 0.6) is 0 Å². The van der Waals surface area contributed by atoms with Gasteiger partial charge in [-0.2, -0.15) is 5.10 Å². The number of halogens is 1. The number of nitrogens with one attached hydrogen (secondary N) is 1. The maximum atomic E-state index is 13.3. The highest BCUT2D eigenvalue weighted by Crippen LogP contribution is 2.44. The summed E-state index contributed by atoms with van der Waals surface area (Å²) in [7, 11) is 0. The maximum Gasteiger partial charge on any atom is 0.264 e. The van der Waals surface area contributed by atoms with E-state index in [1.165, 1.54) is 0 Å². The van der Waals surface area contributed by atoms with E-state index in [0.29, 0.717) is 46.2 Å². The van der Waals surface area contributed by atoms with Crippen molar-refractivity contribution in [3.63, 3.8) is 0 Å². The van der Waals surface area contributed by atoms with E-state index < -0.39 is 11.5 Å². The number of aromatic nitrogens is 2. The van der Waals surface area contributed by atoms with E-state index in [-0.39, 0.29) is 12.2 Å². The fraction of sp³-hybridized carbons (Fsp3) is 0.261. The van der Waals surface area contributed by atoms with Crippen molar-refractivity contribution >= 4 is 29.0 Å². The number of fused-ring (bicyclic) bond motifs is 1. The van der Waals surface area contributed by atoms with Crippen molar-refractivity contribution < 1.29 is 14.7 Å². The number of aryl methyl sites for hydroxylation is 2. The van der Waals surface area contributed by atoms with E-state index in [2.05, 4.69) is 10.2 Å². The molecule has 0 saturated heterocycles. The summed E-state index contributed by atoms with van der Waals surface area (Å²) >= 11 is 6.16. The Hall–Kier alpha value is -2.96. The second kappa shape index (κ2) is 7.70. The van der Waals surface area contributed by atoms with Gasteiger partial charge in [0.05, 0.1) is 23.4 Å². The molecule has 1 aliphatic heterocycles. The van der Waals surface area contributed by atoms with E-state index in [1.807, 2.05) is 30.3 Å². The smallest absolute Gasteiger partial charge is 0.264 e. The summed E-state index contributed by atoms with van der Waals surface area (Å²) in [5.74, 6) is -0.853. The predicted molar refractivity (Wildman–Crippen MR) is 115 cm³/mol. The molecule has 0 fully saturated rings. The summed E-state index contributed by atoms with van der Waals surface area (Å²) in [4.78, 5) is 27.9. The standard InChI is InChI=1S/C23H22ClN3O3/c1-14-21(15(2)26-25-14)20(28)13-23(30)18-12-17(24)8-9-19(18)27(22(23)29)11-10-16-6-4-3-5-7-16/h3-9,12,30H,10-11,13H2,1-2H3,(H,25,26)/t23-/m0/s1. The summed E-state index contributed by atoms with van der Waals surface area (Å²) < 4.78 is 0. The number of Topliss-reactive ketones (excluding diaryl/α,β-unsaturated/α-hetero) is 1. The largest absolute Gasteiger partial charge is 0.375 e. The molecule has 3 aromatic rings. The minimum absolute atomic E-state index is 0.342. The number of H-pyrrole nitrogens is 1. The molecule has 1 atom stereocenters. The van der Waals surface area contributed by atoms with Crippen LogP contribution in [0.3, 0.4) is 0 Å². The average molecular weight is 424 g/mol. The second-order valence-corrected chi connectivity index (χ2v) is 8.06. The van der Waals surface area contributed by atoms with Crippen molar-refractivity contribution in [1.29, 1.82) is 0 Å². The van der Waals surface area contributed by atoms with Gasteiger partial charge in [0.15, 0.2) is 11.4 Å². The summed E-state index contributed by atoms with van der Waals surface area (Å²) in [5, 5.41) is 18.7. The number of carbonyl (C=O) groups is 2. The zero-order valence-electron chi connectivity index (χ0n) is 16.8. The van der Waals surface area contributed by atoms with Crippen molar-refractivity contribution in [3.8, 4) is 0 Å². The lowest BCUT2D eigenvalue weighted by atomic mass is 9.87. The number of nitrogens with zero attached hydrogens (tertiary/aromatic N) is 2. The van der Waals surface area contributed by atoms with Gasteiger partial charge in [0.1, 0.15) is 0 Å². The molecule has 2 N–H and O–H groups in total. The van der Waals surface area contributed by atoms with Gasteiger partial charge in [0.2, 0.25) is 0 Å². The van der Waals surface area contributed by atoms with Crippen molar-refractivity contribution in [2.75, 3.05) is 11.4 Å². The normalized spacial score (nSPS) is 18.0. The third-order valence-electron chi connectivity index (χ3n) is 5.58. The lowest BCUT2D eigenvalue weighted by Gasteiger charge is -2.23. The first-order chi connectivity index (χ1) is 14.3. The van der Waals surface area contributed by atoms with Gasteiger partial charge in [-0.3, -0.25) is 14.7 Å². The Kier molecular flexibility index (Phi) is 5.22. The van der Waals surface area contributed by atoms with Crippen molar-refractivity contribution in [2.24, 2.45) is 0 Å². The number of aliphatic hydroxyl groups is 1. The number of ketones is 1. The van der Waals surface area contributed by atoms with E-state index in [9.17, 15) is 14.7 Å². The summed E-state index contributed by atoms with van der Waals surface area (Å²) in [6.45, 7) is 3.84. The summed E-state index contributed by atoms with van der Waals surface area (Å²) in [6.07, 6.45) is 0.251. The molecule has 1 aromatic heterocycles. The molecule has 154 valence electrons. The highest BCUT2D eigenvalue weighted by atomic mass is 35.5. The molecule has 0 radical (unpaired) electrons. The van der Waals surface area contributed by atoms with Gasteiger partial charge < -0.3 is 10.0 Å². The summed E-state index contributed by atoms with van der Waals surface area (Å²) in [5.41, 5.74) is 1.61. The Balaban J connectivity index is 1.67. The summed E-state index contributed by atoms with van der Waals surface area (Å²) in [6, 6.07) is 14.8. The quantitative estimate of drug-likeness (QED) is 0.591. The molecule has 0 unspecified atom stereocenters. The Morgan fingerprint density at radius 2 is 1.93 bits per heavy atom. The first kappa shape index (κ1) is 20.3. The van der Waals surface area contributed by atoms with E-state index in [0.717, 1.165) is 5.56 Å². The minimum atomic E-state index is -1.97. The van der Waals surface area contributed by atoms with Crippen LogP contribution in [-0.4, -0.2) is 33.5 Å². The van der Waals surface area contributed by atoms with Crippen molar-refractivity contribution in [2.45, 2.75) is 32.3 Å². The molecule has 30 heavy (non-hydrogen) atoms. The molecular formula is C23H22ClN3O3. The first-order valence-corrected chi connectivity index (χ1v) is 10.1. The molecular weight excluding hydrogens is 402 g/mol. The number of carbonyl (C=O) groups excluding carboxylic acids is 2. The van der Waals surface area contributed by atoms with Crippen LogP contribution in [0.1, 0.15) is 39.3 Å². The molecule has 4 rings (SSSR count). The minimum Gasteiger partial charge on any atom is -0.375 e. The average Bonchev–Trinajstić information content (AvgIpc) is 3.16. The fourth-order valence-electron chi connectivity index (χ4n) is 4.08. The zero-order valence-corrected chi connectivity index (χ0v) is 17.5. The van der Waals surface area contributed by atoms with Gasteiger partial charge in [-0.25, -0.2) is 0 Å². The third kappa shape index (κ3) is 3.42. The number of amides is 1. The van der Waals surface area contributed by atoms with Crippen LogP contribution >= 0.6 is 11.6 Å². The Labute approximate surface area is 179 Å². The molecule has 0 spiro atoms. The molecule has 1 aliphatic rings. The van der Waals surface area contributed by atoms with Gasteiger partial charge in [-0.1, -0.05) is 41.9 Å². The van der Waals surface area contributed by atoms with Crippen molar-refractivity contribution in [3.05, 3.63) is 81.6 Å². The lowest BCUT2D eigenvalue weighted by Crippen LogP contribution is -2.42. The number of hydrogen-bond acceptors (Lipinski definition) is 4. The van der Waals surface area contributed by atoms with E-state index in [1.54, 1.807) is 36.9 Å².